The van der Waals surface area contributed by atoms with E-state index in [0.29, 0.717) is 37.4 Å². The highest BCUT2D eigenvalue weighted by Crippen LogP contribution is 2.33. The molecular weight excluding hydrogens is 458 g/mol. The highest BCUT2D eigenvalue weighted by atomic mass is 16.6. The van der Waals surface area contributed by atoms with Gasteiger partial charge in [0, 0.05) is 43.7 Å². The summed E-state index contributed by atoms with van der Waals surface area (Å²) in [5.74, 6) is 1.16. The third kappa shape index (κ3) is 5.42. The van der Waals surface area contributed by atoms with Crippen molar-refractivity contribution in [1.82, 2.24) is 14.8 Å². The molecule has 0 aliphatic carbocycles. The summed E-state index contributed by atoms with van der Waals surface area (Å²) in [4.78, 5) is 28.3. The van der Waals surface area contributed by atoms with Gasteiger partial charge in [0.2, 0.25) is 5.91 Å². The van der Waals surface area contributed by atoms with Gasteiger partial charge in [0.25, 0.3) is 0 Å². The lowest BCUT2D eigenvalue weighted by Gasteiger charge is -2.33. The van der Waals surface area contributed by atoms with Crippen LogP contribution in [0, 0.1) is 0 Å². The Balaban J connectivity index is 1.61. The monoisotopic (exact) mass is 493 g/mol. The topological polar surface area (TPSA) is 82.0 Å². The molecule has 2 amide bonds. The summed E-state index contributed by atoms with van der Waals surface area (Å²) in [5, 5.41) is 3.91. The van der Waals surface area contributed by atoms with Gasteiger partial charge in [-0.05, 0) is 62.1 Å². The number of carbonyl (C=O) groups excluding carboxylic acids is 2. The molecule has 0 bridgehead atoms. The number of ether oxygens (including phenoxy) is 3. The molecule has 1 N–H and O–H groups in total. The lowest BCUT2D eigenvalue weighted by Crippen LogP contribution is -2.51. The first kappa shape index (κ1) is 25.4. The molecule has 0 saturated carbocycles. The van der Waals surface area contributed by atoms with Crippen LogP contribution in [0.2, 0.25) is 0 Å². The Morgan fingerprint density at radius 1 is 1.06 bits per heavy atom. The summed E-state index contributed by atoms with van der Waals surface area (Å²) in [6.07, 6.45) is 2.46. The number of rotatable bonds is 6. The normalized spacial score (nSPS) is 14.2. The molecule has 0 radical (unpaired) electrons. The Labute approximate surface area is 212 Å². The molecule has 2 aromatic carbocycles. The van der Waals surface area contributed by atoms with Gasteiger partial charge < -0.3 is 29.0 Å². The second kappa shape index (κ2) is 10.1. The third-order valence-corrected chi connectivity index (χ3v) is 6.42. The smallest absolute Gasteiger partial charge is 0.408 e. The minimum Gasteiger partial charge on any atom is -0.493 e. The Bertz CT molecular complexity index is 1270. The van der Waals surface area contributed by atoms with Crippen LogP contribution in [-0.2, 0) is 36.0 Å². The van der Waals surface area contributed by atoms with E-state index in [1.54, 1.807) is 39.9 Å². The number of fused-ring (bicyclic) bond motifs is 2. The molecule has 4 rings (SSSR count). The van der Waals surface area contributed by atoms with Crippen LogP contribution in [0.15, 0.2) is 42.6 Å². The van der Waals surface area contributed by atoms with Crippen LogP contribution in [0.3, 0.4) is 0 Å². The second-order valence-electron chi connectivity index (χ2n) is 10.2. The van der Waals surface area contributed by atoms with E-state index in [1.807, 2.05) is 54.2 Å². The molecule has 1 atom stereocenters. The summed E-state index contributed by atoms with van der Waals surface area (Å²) in [6.45, 7) is 6.38. The standard InChI is InChI=1S/C28H35N3O5/c1-28(2,3)36-27(33)29-22(13-20-16-30(4)23-10-8-7-9-21(20)23)26(32)31-12-11-18-14-24(34-5)25(35-6)15-19(18)17-31/h7-10,14-16,22H,11-13,17H2,1-6H3,(H,29,33)/t22-/m1/s1. The number of hydrogen-bond donors (Lipinski definition) is 1. The van der Waals surface area contributed by atoms with E-state index in [2.05, 4.69) is 5.32 Å². The number of methoxy groups -OCH3 is 2. The van der Waals surface area contributed by atoms with E-state index in [4.69, 9.17) is 14.2 Å². The highest BCUT2D eigenvalue weighted by Gasteiger charge is 2.31. The summed E-state index contributed by atoms with van der Waals surface area (Å²) in [6, 6.07) is 11.2. The number of para-hydroxylation sites is 1. The molecule has 0 saturated heterocycles. The molecule has 36 heavy (non-hydrogen) atoms. The van der Waals surface area contributed by atoms with Crippen LogP contribution in [-0.4, -0.2) is 53.9 Å². The maximum Gasteiger partial charge on any atom is 0.408 e. The van der Waals surface area contributed by atoms with Crippen molar-refractivity contribution in [2.24, 2.45) is 7.05 Å². The molecule has 0 unspecified atom stereocenters. The molecule has 8 heteroatoms. The van der Waals surface area contributed by atoms with Crippen molar-refractivity contribution < 1.29 is 23.8 Å². The second-order valence-corrected chi connectivity index (χ2v) is 10.2. The van der Waals surface area contributed by atoms with Crippen molar-refractivity contribution in [3.8, 4) is 11.5 Å². The molecule has 0 spiro atoms. The number of nitrogens with zero attached hydrogens (tertiary/aromatic N) is 2. The van der Waals surface area contributed by atoms with E-state index < -0.39 is 17.7 Å². The first-order valence-electron chi connectivity index (χ1n) is 12.1. The van der Waals surface area contributed by atoms with Gasteiger partial charge >= 0.3 is 6.09 Å². The number of benzene rings is 2. The van der Waals surface area contributed by atoms with Gasteiger partial charge in [-0.15, -0.1) is 0 Å². The van der Waals surface area contributed by atoms with Crippen molar-refractivity contribution in [2.45, 2.75) is 51.8 Å². The van der Waals surface area contributed by atoms with Crippen molar-refractivity contribution >= 4 is 22.9 Å². The zero-order chi connectivity index (χ0) is 26.0. The number of carbonyl (C=O) groups is 2. The summed E-state index contributed by atoms with van der Waals surface area (Å²) >= 11 is 0. The van der Waals surface area contributed by atoms with Crippen LogP contribution in [0.5, 0.6) is 11.5 Å². The maximum atomic E-state index is 13.8. The van der Waals surface area contributed by atoms with Gasteiger partial charge in [-0.25, -0.2) is 4.79 Å². The molecule has 1 aliphatic heterocycles. The lowest BCUT2D eigenvalue weighted by atomic mass is 9.97. The van der Waals surface area contributed by atoms with Gasteiger partial charge in [0.1, 0.15) is 11.6 Å². The molecule has 1 aliphatic rings. The van der Waals surface area contributed by atoms with E-state index >= 15 is 0 Å². The predicted octanol–water partition coefficient (Wildman–Crippen LogP) is 4.22. The Kier molecular flexibility index (Phi) is 7.15. The fourth-order valence-electron chi connectivity index (χ4n) is 4.75. The number of alkyl carbamates (subject to hydrolysis) is 1. The van der Waals surface area contributed by atoms with Gasteiger partial charge in [0.15, 0.2) is 11.5 Å². The molecular formula is C28H35N3O5. The Morgan fingerprint density at radius 2 is 1.72 bits per heavy atom. The first-order chi connectivity index (χ1) is 17.1. The van der Waals surface area contributed by atoms with Crippen LogP contribution in [0.4, 0.5) is 4.79 Å². The van der Waals surface area contributed by atoms with E-state index in [0.717, 1.165) is 27.6 Å². The zero-order valence-electron chi connectivity index (χ0n) is 21.9. The molecule has 3 aromatic rings. The summed E-state index contributed by atoms with van der Waals surface area (Å²) < 4.78 is 18.4. The molecule has 192 valence electrons. The predicted molar refractivity (Wildman–Crippen MR) is 138 cm³/mol. The first-order valence-corrected chi connectivity index (χ1v) is 12.1. The fraction of sp³-hybridized carbons (Fsp3) is 0.429. The third-order valence-electron chi connectivity index (χ3n) is 6.42. The summed E-state index contributed by atoms with van der Waals surface area (Å²) in [5.41, 5.74) is 3.53. The summed E-state index contributed by atoms with van der Waals surface area (Å²) in [7, 11) is 5.19. The van der Waals surface area contributed by atoms with Crippen LogP contribution in [0.25, 0.3) is 10.9 Å². The largest absolute Gasteiger partial charge is 0.493 e. The minimum absolute atomic E-state index is 0.144. The Hall–Kier alpha value is -3.68. The fourth-order valence-corrected chi connectivity index (χ4v) is 4.75. The Morgan fingerprint density at radius 3 is 2.39 bits per heavy atom. The van der Waals surface area contributed by atoms with Gasteiger partial charge in [-0.3, -0.25) is 4.79 Å². The van der Waals surface area contributed by atoms with Crippen molar-refractivity contribution in [2.75, 3.05) is 20.8 Å². The number of aryl methyl sites for hydroxylation is 1. The van der Waals surface area contributed by atoms with Crippen molar-refractivity contribution in [1.29, 1.82) is 0 Å². The number of aromatic nitrogens is 1. The lowest BCUT2D eigenvalue weighted by molar-refractivity contribution is -0.134. The van der Waals surface area contributed by atoms with Crippen LogP contribution in [0.1, 0.15) is 37.5 Å². The average molecular weight is 494 g/mol. The van der Waals surface area contributed by atoms with E-state index in [9.17, 15) is 9.59 Å². The minimum atomic E-state index is -0.771. The molecule has 0 fully saturated rings. The average Bonchev–Trinajstić information content (AvgIpc) is 3.16. The highest BCUT2D eigenvalue weighted by molar-refractivity contribution is 5.89. The van der Waals surface area contributed by atoms with Gasteiger partial charge in [-0.1, -0.05) is 18.2 Å². The van der Waals surface area contributed by atoms with Crippen molar-refractivity contribution in [3.05, 3.63) is 59.3 Å². The van der Waals surface area contributed by atoms with Gasteiger partial charge in [0.05, 0.1) is 14.2 Å². The number of hydrogen-bond acceptors (Lipinski definition) is 5. The molecule has 8 nitrogen and oxygen atoms in total. The molecule has 2 heterocycles. The molecule has 1 aromatic heterocycles. The quantitative estimate of drug-likeness (QED) is 0.556. The maximum absolute atomic E-state index is 13.8. The number of nitrogens with one attached hydrogen (secondary N) is 1. The number of amides is 2. The zero-order valence-corrected chi connectivity index (χ0v) is 21.9. The SMILES string of the molecule is COc1cc2c(cc1OC)CN(C(=O)[C@@H](Cc1cn(C)c3ccccc13)NC(=O)OC(C)(C)C)CC2. The van der Waals surface area contributed by atoms with Crippen molar-refractivity contribution in [3.63, 3.8) is 0 Å². The van der Waals surface area contributed by atoms with E-state index in [-0.39, 0.29) is 5.91 Å². The van der Waals surface area contributed by atoms with Crippen LogP contribution >= 0.6 is 0 Å². The van der Waals surface area contributed by atoms with Crippen LogP contribution < -0.4 is 14.8 Å². The van der Waals surface area contributed by atoms with Gasteiger partial charge in [-0.2, -0.15) is 0 Å². The van der Waals surface area contributed by atoms with E-state index in [1.165, 1.54) is 0 Å².